The van der Waals surface area contributed by atoms with Crippen LogP contribution in [0, 0.1) is 20.8 Å². The van der Waals surface area contributed by atoms with E-state index in [1.807, 2.05) is 87.5 Å². The lowest BCUT2D eigenvalue weighted by atomic mass is 9.94. The molecule has 7 heteroatoms. The molecule has 0 aliphatic carbocycles. The maximum absolute atomic E-state index is 13.4. The third kappa shape index (κ3) is 5.61. The Balaban J connectivity index is 1.67. The van der Waals surface area contributed by atoms with Crippen LogP contribution in [0.3, 0.4) is 0 Å². The average molecular weight is 519 g/mol. The molecule has 0 aliphatic heterocycles. The van der Waals surface area contributed by atoms with Gasteiger partial charge in [-0.15, -0.1) is 0 Å². The molecule has 5 nitrogen and oxygen atoms in total. The van der Waals surface area contributed by atoms with E-state index < -0.39 is 22.0 Å². The first-order chi connectivity index (χ1) is 17.2. The Morgan fingerprint density at radius 2 is 1.50 bits per heavy atom. The highest BCUT2D eigenvalue weighted by Gasteiger charge is 2.23. The maximum atomic E-state index is 13.4. The molecule has 0 radical (unpaired) electrons. The molecule has 0 heterocycles. The van der Waals surface area contributed by atoms with Crippen LogP contribution in [0.1, 0.15) is 44.2 Å². The number of carbonyl (C=O) groups excluding carboxylic acids is 1. The van der Waals surface area contributed by atoms with E-state index >= 15 is 0 Å². The quantitative estimate of drug-likeness (QED) is 0.290. The molecule has 0 aromatic heterocycles. The minimum absolute atomic E-state index is 0.0299. The van der Waals surface area contributed by atoms with Crippen molar-refractivity contribution < 1.29 is 13.2 Å². The van der Waals surface area contributed by atoms with Crippen LogP contribution in [0.4, 0.5) is 5.69 Å². The summed E-state index contributed by atoms with van der Waals surface area (Å²) in [7, 11) is -4.04. The van der Waals surface area contributed by atoms with E-state index in [1.54, 1.807) is 6.07 Å². The normalized spacial score (nSPS) is 12.1. The lowest BCUT2D eigenvalue weighted by Gasteiger charge is -2.22. The third-order valence-electron chi connectivity index (χ3n) is 6.02. The van der Waals surface area contributed by atoms with Crippen LogP contribution in [-0.4, -0.2) is 14.3 Å². The standard InChI is InChI=1S/C29H27ClN2O3S/c1-19-13-16-26(21(3)17-19)32-36(34,35)27-18-23(14-15-25(27)30)29(33)31-28(22-10-5-4-6-11-22)24-12-8-7-9-20(24)2/h4-18,28,32H,1-3H3,(H,31,33)/t28-/m0/s1. The van der Waals surface area contributed by atoms with Gasteiger partial charge in [0.25, 0.3) is 15.9 Å². The van der Waals surface area contributed by atoms with Crippen molar-refractivity contribution in [1.29, 1.82) is 0 Å². The Hall–Kier alpha value is -3.61. The van der Waals surface area contributed by atoms with E-state index in [-0.39, 0.29) is 15.5 Å². The van der Waals surface area contributed by atoms with Gasteiger partial charge in [-0.3, -0.25) is 9.52 Å². The van der Waals surface area contributed by atoms with E-state index in [2.05, 4.69) is 10.0 Å². The van der Waals surface area contributed by atoms with Crippen LogP contribution in [0.5, 0.6) is 0 Å². The van der Waals surface area contributed by atoms with Gasteiger partial charge in [0.15, 0.2) is 0 Å². The fourth-order valence-electron chi connectivity index (χ4n) is 4.09. The van der Waals surface area contributed by atoms with Crippen molar-refractivity contribution in [3.63, 3.8) is 0 Å². The molecule has 4 aromatic carbocycles. The van der Waals surface area contributed by atoms with Gasteiger partial charge in [0.1, 0.15) is 4.90 Å². The molecule has 0 unspecified atom stereocenters. The van der Waals surface area contributed by atoms with Gasteiger partial charge in [-0.05, 0) is 67.3 Å². The van der Waals surface area contributed by atoms with Crippen LogP contribution < -0.4 is 10.0 Å². The minimum atomic E-state index is -4.04. The van der Waals surface area contributed by atoms with Gasteiger partial charge < -0.3 is 5.32 Å². The van der Waals surface area contributed by atoms with E-state index in [0.717, 1.165) is 27.8 Å². The molecule has 0 spiro atoms. The SMILES string of the molecule is Cc1ccc(NS(=O)(=O)c2cc(C(=O)N[C@@H](c3ccccc3)c3ccccc3C)ccc2Cl)c(C)c1. The third-order valence-corrected chi connectivity index (χ3v) is 7.86. The van der Waals surface area contributed by atoms with Gasteiger partial charge in [-0.1, -0.05) is 83.9 Å². The monoisotopic (exact) mass is 518 g/mol. The van der Waals surface area contributed by atoms with Crippen molar-refractivity contribution in [2.45, 2.75) is 31.7 Å². The predicted octanol–water partition coefficient (Wildman–Crippen LogP) is 6.59. The molecule has 4 rings (SSSR count). The summed E-state index contributed by atoms with van der Waals surface area (Å²) in [5, 5.41) is 3.10. The van der Waals surface area contributed by atoms with Crippen molar-refractivity contribution in [3.05, 3.63) is 129 Å². The second-order valence-corrected chi connectivity index (χ2v) is 10.8. The molecule has 36 heavy (non-hydrogen) atoms. The zero-order valence-corrected chi connectivity index (χ0v) is 21.8. The summed E-state index contributed by atoms with van der Waals surface area (Å²) in [5.41, 5.74) is 5.35. The Labute approximate surface area is 217 Å². The van der Waals surface area contributed by atoms with E-state index in [0.29, 0.717) is 5.69 Å². The molecule has 1 atom stereocenters. The summed E-state index contributed by atoms with van der Waals surface area (Å²) in [6.07, 6.45) is 0. The first-order valence-electron chi connectivity index (χ1n) is 11.5. The fourth-order valence-corrected chi connectivity index (χ4v) is 5.75. The summed E-state index contributed by atoms with van der Waals surface area (Å²) in [4.78, 5) is 13.2. The second kappa shape index (κ2) is 10.6. The van der Waals surface area contributed by atoms with Crippen LogP contribution in [0.15, 0.2) is 95.9 Å². The van der Waals surface area contributed by atoms with E-state index in [4.69, 9.17) is 11.6 Å². The molecule has 1 amide bonds. The van der Waals surface area contributed by atoms with Crippen molar-refractivity contribution in [2.24, 2.45) is 0 Å². The number of aryl methyl sites for hydroxylation is 3. The predicted molar refractivity (Wildman–Crippen MR) is 145 cm³/mol. The molecule has 4 aromatic rings. The molecule has 184 valence electrons. The van der Waals surface area contributed by atoms with Crippen LogP contribution in [0.2, 0.25) is 5.02 Å². The first kappa shape index (κ1) is 25.5. The number of sulfonamides is 1. The second-order valence-electron chi connectivity index (χ2n) is 8.74. The number of hydrogen-bond donors (Lipinski definition) is 2. The molecule has 2 N–H and O–H groups in total. The summed E-state index contributed by atoms with van der Waals surface area (Å²) < 4.78 is 29.0. The Morgan fingerprint density at radius 1 is 0.806 bits per heavy atom. The Kier molecular flexibility index (Phi) is 7.48. The topological polar surface area (TPSA) is 75.3 Å². The van der Waals surface area contributed by atoms with Gasteiger partial charge in [-0.25, -0.2) is 8.42 Å². The van der Waals surface area contributed by atoms with Crippen LogP contribution >= 0.6 is 11.6 Å². The molecular weight excluding hydrogens is 492 g/mol. The van der Waals surface area contributed by atoms with Gasteiger partial charge >= 0.3 is 0 Å². The number of amides is 1. The molecular formula is C29H27ClN2O3S. The summed E-state index contributed by atoms with van der Waals surface area (Å²) in [6.45, 7) is 5.75. The van der Waals surface area contributed by atoms with Gasteiger partial charge in [0.2, 0.25) is 0 Å². The van der Waals surface area contributed by atoms with Crippen molar-refractivity contribution in [2.75, 3.05) is 4.72 Å². The number of hydrogen-bond acceptors (Lipinski definition) is 3. The van der Waals surface area contributed by atoms with Crippen molar-refractivity contribution in [1.82, 2.24) is 5.32 Å². The highest BCUT2D eigenvalue weighted by molar-refractivity contribution is 7.92. The molecule has 0 fully saturated rings. The highest BCUT2D eigenvalue weighted by Crippen LogP contribution is 2.28. The highest BCUT2D eigenvalue weighted by atomic mass is 35.5. The molecule has 0 saturated heterocycles. The van der Waals surface area contributed by atoms with Gasteiger partial charge in [0, 0.05) is 5.56 Å². The minimum Gasteiger partial charge on any atom is -0.341 e. The van der Waals surface area contributed by atoms with Crippen molar-refractivity contribution >= 4 is 33.2 Å². The molecule has 0 saturated carbocycles. The summed E-state index contributed by atoms with van der Waals surface area (Å²) in [5.74, 6) is -0.410. The Bertz CT molecular complexity index is 1520. The molecule has 0 aliphatic rings. The fraction of sp³-hybridized carbons (Fsp3) is 0.138. The zero-order chi connectivity index (χ0) is 25.9. The van der Waals surface area contributed by atoms with Crippen molar-refractivity contribution in [3.8, 4) is 0 Å². The van der Waals surface area contributed by atoms with Crippen LogP contribution in [0.25, 0.3) is 0 Å². The lowest BCUT2D eigenvalue weighted by molar-refractivity contribution is 0.0942. The Morgan fingerprint density at radius 3 is 2.19 bits per heavy atom. The van der Waals surface area contributed by atoms with E-state index in [9.17, 15) is 13.2 Å². The van der Waals surface area contributed by atoms with Gasteiger partial charge in [0.05, 0.1) is 16.8 Å². The zero-order valence-electron chi connectivity index (χ0n) is 20.2. The number of nitrogens with one attached hydrogen (secondary N) is 2. The lowest BCUT2D eigenvalue weighted by Crippen LogP contribution is -2.30. The number of benzene rings is 4. The molecule has 0 bridgehead atoms. The largest absolute Gasteiger partial charge is 0.341 e. The van der Waals surface area contributed by atoms with Crippen LogP contribution in [-0.2, 0) is 10.0 Å². The number of carbonyl (C=O) groups is 1. The number of halogens is 1. The average Bonchev–Trinajstić information content (AvgIpc) is 2.85. The summed E-state index contributed by atoms with van der Waals surface area (Å²) >= 11 is 6.28. The number of rotatable bonds is 7. The van der Waals surface area contributed by atoms with Gasteiger partial charge in [-0.2, -0.15) is 0 Å². The number of anilines is 1. The van der Waals surface area contributed by atoms with E-state index in [1.165, 1.54) is 18.2 Å². The maximum Gasteiger partial charge on any atom is 0.263 e. The smallest absolute Gasteiger partial charge is 0.263 e. The summed E-state index contributed by atoms with van der Waals surface area (Å²) in [6, 6.07) is 26.7. The first-order valence-corrected chi connectivity index (χ1v) is 13.3.